The lowest BCUT2D eigenvalue weighted by Gasteiger charge is -2.03. The van der Waals surface area contributed by atoms with Gasteiger partial charge in [0.2, 0.25) is 0 Å². The first-order valence-electron chi connectivity index (χ1n) is 5.01. The van der Waals surface area contributed by atoms with Crippen molar-refractivity contribution in [3.8, 4) is 11.8 Å². The number of benzene rings is 1. The molecule has 1 aromatic carbocycles. The molecule has 0 aliphatic rings. The van der Waals surface area contributed by atoms with Gasteiger partial charge >= 0.3 is 5.91 Å². The fourth-order valence-corrected chi connectivity index (χ4v) is 1.03. The number of ketones is 1. The van der Waals surface area contributed by atoms with Crippen molar-refractivity contribution in [3.05, 3.63) is 35.9 Å². The minimum absolute atomic E-state index is 0.0602. The third-order valence-corrected chi connectivity index (χ3v) is 1.72. The molecule has 0 atom stereocenters. The standard InChI is InChI=1S/C13H13NO2/c1-10(2)14-13(16)12(15)9-8-11-6-4-3-5-7-11/h3-7,10H,1-2H3,(H,14,16). The Morgan fingerprint density at radius 2 is 1.81 bits per heavy atom. The number of rotatable bonds is 2. The van der Waals surface area contributed by atoms with Gasteiger partial charge in [0.25, 0.3) is 5.78 Å². The maximum atomic E-state index is 11.3. The first kappa shape index (κ1) is 12.0. The average Bonchev–Trinajstić information content (AvgIpc) is 2.26. The molecule has 1 N–H and O–H groups in total. The van der Waals surface area contributed by atoms with Gasteiger partial charge in [-0.3, -0.25) is 9.59 Å². The van der Waals surface area contributed by atoms with Gasteiger partial charge in [-0.25, -0.2) is 0 Å². The highest BCUT2D eigenvalue weighted by Crippen LogP contribution is 1.94. The molecule has 3 heteroatoms. The van der Waals surface area contributed by atoms with E-state index in [0.717, 1.165) is 0 Å². The molecule has 0 saturated heterocycles. The lowest BCUT2D eigenvalue weighted by atomic mass is 10.2. The number of hydrogen-bond donors (Lipinski definition) is 1. The summed E-state index contributed by atoms with van der Waals surface area (Å²) >= 11 is 0. The number of amides is 1. The Balaban J connectivity index is 2.65. The van der Waals surface area contributed by atoms with Crippen LogP contribution in [0.2, 0.25) is 0 Å². The zero-order valence-electron chi connectivity index (χ0n) is 9.28. The van der Waals surface area contributed by atoms with E-state index in [4.69, 9.17) is 0 Å². The second-order valence-corrected chi connectivity index (χ2v) is 3.57. The van der Waals surface area contributed by atoms with Crippen LogP contribution in [0.15, 0.2) is 30.3 Å². The van der Waals surface area contributed by atoms with E-state index >= 15 is 0 Å². The second kappa shape index (κ2) is 5.72. The van der Waals surface area contributed by atoms with Crippen LogP contribution >= 0.6 is 0 Å². The van der Waals surface area contributed by atoms with Crippen LogP contribution in [0, 0.1) is 11.8 Å². The molecule has 0 heterocycles. The fourth-order valence-electron chi connectivity index (χ4n) is 1.03. The summed E-state index contributed by atoms with van der Waals surface area (Å²) in [5.41, 5.74) is 0.716. The second-order valence-electron chi connectivity index (χ2n) is 3.57. The molecule has 16 heavy (non-hydrogen) atoms. The molecule has 0 saturated carbocycles. The number of carbonyl (C=O) groups is 2. The van der Waals surface area contributed by atoms with Crippen molar-refractivity contribution < 1.29 is 9.59 Å². The highest BCUT2D eigenvalue weighted by Gasteiger charge is 2.10. The Kier molecular flexibility index (Phi) is 4.28. The molecule has 1 rings (SSSR count). The molecular formula is C13H13NO2. The van der Waals surface area contributed by atoms with E-state index in [1.165, 1.54) is 0 Å². The third-order valence-electron chi connectivity index (χ3n) is 1.72. The predicted octanol–water partition coefficient (Wildman–Crippen LogP) is 1.13. The zero-order chi connectivity index (χ0) is 12.0. The highest BCUT2D eigenvalue weighted by atomic mass is 16.2. The molecule has 0 bridgehead atoms. The minimum atomic E-state index is -0.711. The summed E-state index contributed by atoms with van der Waals surface area (Å²) in [5.74, 6) is 3.58. The number of Topliss-reactive ketones (excluding diaryl/α,β-unsaturated/α-hetero) is 1. The highest BCUT2D eigenvalue weighted by molar-refractivity contribution is 6.43. The zero-order valence-corrected chi connectivity index (χ0v) is 9.28. The Hall–Kier alpha value is -2.08. The lowest BCUT2D eigenvalue weighted by Crippen LogP contribution is -2.35. The van der Waals surface area contributed by atoms with Crippen molar-refractivity contribution >= 4 is 11.7 Å². The van der Waals surface area contributed by atoms with Crippen LogP contribution in [0.4, 0.5) is 0 Å². The van der Waals surface area contributed by atoms with Crippen molar-refractivity contribution in [3.63, 3.8) is 0 Å². The van der Waals surface area contributed by atoms with Crippen LogP contribution in [0.3, 0.4) is 0 Å². The Morgan fingerprint density at radius 1 is 1.19 bits per heavy atom. The average molecular weight is 215 g/mol. The summed E-state index contributed by atoms with van der Waals surface area (Å²) in [6.07, 6.45) is 0. The Labute approximate surface area is 94.9 Å². The molecule has 0 radical (unpaired) electrons. The number of hydrogen-bond acceptors (Lipinski definition) is 2. The molecule has 0 aliphatic carbocycles. The predicted molar refractivity (Wildman–Crippen MR) is 61.6 cm³/mol. The maximum absolute atomic E-state index is 11.3. The van der Waals surface area contributed by atoms with Crippen molar-refractivity contribution in [2.45, 2.75) is 19.9 Å². The van der Waals surface area contributed by atoms with Gasteiger partial charge in [0.05, 0.1) is 0 Å². The van der Waals surface area contributed by atoms with Gasteiger partial charge in [0.1, 0.15) is 0 Å². The van der Waals surface area contributed by atoms with E-state index in [1.807, 2.05) is 18.2 Å². The number of carbonyl (C=O) groups excluding carboxylic acids is 2. The monoisotopic (exact) mass is 215 g/mol. The summed E-state index contributed by atoms with van der Waals surface area (Å²) in [4.78, 5) is 22.5. The van der Waals surface area contributed by atoms with Crippen molar-refractivity contribution in [2.24, 2.45) is 0 Å². The molecule has 1 amide bonds. The van der Waals surface area contributed by atoms with E-state index in [0.29, 0.717) is 5.56 Å². The molecular weight excluding hydrogens is 202 g/mol. The van der Waals surface area contributed by atoms with Crippen LogP contribution in [0.25, 0.3) is 0 Å². The molecule has 0 spiro atoms. The van der Waals surface area contributed by atoms with Gasteiger partial charge in [0.15, 0.2) is 0 Å². The number of nitrogens with one attached hydrogen (secondary N) is 1. The first-order chi connectivity index (χ1) is 7.59. The molecule has 0 aromatic heterocycles. The third kappa shape index (κ3) is 3.97. The van der Waals surface area contributed by atoms with E-state index in [2.05, 4.69) is 17.2 Å². The lowest BCUT2D eigenvalue weighted by molar-refractivity contribution is -0.135. The summed E-state index contributed by atoms with van der Waals surface area (Å²) in [7, 11) is 0. The van der Waals surface area contributed by atoms with Crippen LogP contribution in [0.5, 0.6) is 0 Å². The topological polar surface area (TPSA) is 46.2 Å². The SMILES string of the molecule is CC(C)NC(=O)C(=O)C#Cc1ccccc1. The molecule has 1 aromatic rings. The van der Waals surface area contributed by atoms with E-state index in [1.54, 1.807) is 26.0 Å². The summed E-state index contributed by atoms with van der Waals surface area (Å²) in [5, 5.41) is 2.49. The largest absolute Gasteiger partial charge is 0.346 e. The first-order valence-corrected chi connectivity index (χ1v) is 5.01. The maximum Gasteiger partial charge on any atom is 0.300 e. The van der Waals surface area contributed by atoms with Gasteiger partial charge in [0, 0.05) is 11.6 Å². The van der Waals surface area contributed by atoms with Crippen LogP contribution in [-0.4, -0.2) is 17.7 Å². The van der Waals surface area contributed by atoms with Gasteiger partial charge in [-0.05, 0) is 31.9 Å². The molecule has 82 valence electrons. The Bertz CT molecular complexity index is 438. The van der Waals surface area contributed by atoms with Gasteiger partial charge in [-0.2, -0.15) is 0 Å². The van der Waals surface area contributed by atoms with Gasteiger partial charge in [-0.1, -0.05) is 24.1 Å². The molecule has 3 nitrogen and oxygen atoms in total. The summed E-state index contributed by atoms with van der Waals surface area (Å²) in [6, 6.07) is 9.00. The molecule has 0 fully saturated rings. The van der Waals surface area contributed by atoms with Crippen molar-refractivity contribution in [1.29, 1.82) is 0 Å². The molecule has 0 unspecified atom stereocenters. The van der Waals surface area contributed by atoms with E-state index in [-0.39, 0.29) is 6.04 Å². The minimum Gasteiger partial charge on any atom is -0.346 e. The van der Waals surface area contributed by atoms with Crippen molar-refractivity contribution in [2.75, 3.05) is 0 Å². The van der Waals surface area contributed by atoms with E-state index in [9.17, 15) is 9.59 Å². The summed E-state index contributed by atoms with van der Waals surface area (Å²) < 4.78 is 0. The van der Waals surface area contributed by atoms with E-state index < -0.39 is 11.7 Å². The normalized spacial score (nSPS) is 9.19. The van der Waals surface area contributed by atoms with Crippen LogP contribution in [0.1, 0.15) is 19.4 Å². The smallest absolute Gasteiger partial charge is 0.300 e. The van der Waals surface area contributed by atoms with Crippen LogP contribution in [-0.2, 0) is 9.59 Å². The van der Waals surface area contributed by atoms with Crippen molar-refractivity contribution in [1.82, 2.24) is 5.32 Å². The fraction of sp³-hybridized carbons (Fsp3) is 0.231. The Morgan fingerprint density at radius 3 is 2.38 bits per heavy atom. The quantitative estimate of drug-likeness (QED) is 0.594. The summed E-state index contributed by atoms with van der Waals surface area (Å²) in [6.45, 7) is 3.58. The van der Waals surface area contributed by atoms with Gasteiger partial charge in [-0.15, -0.1) is 0 Å². The van der Waals surface area contributed by atoms with Crippen LogP contribution < -0.4 is 5.32 Å². The van der Waals surface area contributed by atoms with Gasteiger partial charge < -0.3 is 5.32 Å². The molecule has 0 aliphatic heterocycles.